The predicted octanol–water partition coefficient (Wildman–Crippen LogP) is 3.42. The first-order valence-electron chi connectivity index (χ1n) is 6.88. The van der Waals surface area contributed by atoms with E-state index < -0.39 is 0 Å². The summed E-state index contributed by atoms with van der Waals surface area (Å²) in [7, 11) is 1.97. The average Bonchev–Trinajstić information content (AvgIpc) is 2.86. The Morgan fingerprint density at radius 3 is 2.95 bits per heavy atom. The van der Waals surface area contributed by atoms with Gasteiger partial charge in [-0.15, -0.1) is 0 Å². The average molecular weight is 286 g/mol. The van der Waals surface area contributed by atoms with Crippen LogP contribution in [0.3, 0.4) is 0 Å². The van der Waals surface area contributed by atoms with Crippen LogP contribution in [0.15, 0.2) is 18.2 Å². The van der Waals surface area contributed by atoms with Crippen molar-refractivity contribution >= 4 is 11.6 Å². The largest absolute Gasteiger partial charge is 0.378 e. The van der Waals surface area contributed by atoms with Gasteiger partial charge in [-0.1, -0.05) is 24.6 Å². The van der Waals surface area contributed by atoms with Crippen LogP contribution in [0.25, 0.3) is 0 Å². The summed E-state index contributed by atoms with van der Waals surface area (Å²) in [5, 5.41) is 3.87. The van der Waals surface area contributed by atoms with Crippen LogP contribution in [0.4, 0.5) is 4.39 Å². The Kier molecular flexibility index (Phi) is 5.20. The molecule has 1 aromatic carbocycles. The lowest BCUT2D eigenvalue weighted by Gasteiger charge is -2.27. The van der Waals surface area contributed by atoms with Gasteiger partial charge in [-0.3, -0.25) is 0 Å². The second-order valence-corrected chi connectivity index (χ2v) is 5.51. The monoisotopic (exact) mass is 285 g/mol. The zero-order chi connectivity index (χ0) is 13.8. The number of nitrogens with one attached hydrogen (secondary N) is 1. The molecule has 0 amide bonds. The highest BCUT2D eigenvalue weighted by molar-refractivity contribution is 6.31. The Morgan fingerprint density at radius 2 is 2.32 bits per heavy atom. The van der Waals surface area contributed by atoms with Gasteiger partial charge < -0.3 is 10.1 Å². The summed E-state index contributed by atoms with van der Waals surface area (Å²) < 4.78 is 18.8. The first kappa shape index (κ1) is 14.8. The molecule has 1 aliphatic rings. The summed E-state index contributed by atoms with van der Waals surface area (Å²) in [6.45, 7) is 2.99. The van der Waals surface area contributed by atoms with Crippen LogP contribution in [0.2, 0.25) is 5.02 Å². The fourth-order valence-electron chi connectivity index (χ4n) is 2.94. The third-order valence-corrected chi connectivity index (χ3v) is 4.36. The van der Waals surface area contributed by atoms with E-state index in [9.17, 15) is 4.39 Å². The van der Waals surface area contributed by atoms with E-state index in [1.807, 2.05) is 7.05 Å². The van der Waals surface area contributed by atoms with E-state index in [0.29, 0.717) is 23.1 Å². The van der Waals surface area contributed by atoms with Gasteiger partial charge in [0.15, 0.2) is 0 Å². The molecule has 1 aromatic rings. The van der Waals surface area contributed by atoms with E-state index >= 15 is 0 Å². The molecule has 1 saturated heterocycles. The van der Waals surface area contributed by atoms with Gasteiger partial charge in [-0.25, -0.2) is 4.39 Å². The molecule has 4 heteroatoms. The standard InChI is InChI=1S/C15H21ClFNO/c1-3-15-12(6-7-19-15)14(18-2)8-10-4-5-11(17)9-13(10)16/h4-5,9,12,14-15,18H,3,6-8H2,1-2H3. The van der Waals surface area contributed by atoms with Gasteiger partial charge in [0.2, 0.25) is 0 Å². The van der Waals surface area contributed by atoms with Crippen molar-refractivity contribution in [3.8, 4) is 0 Å². The molecule has 19 heavy (non-hydrogen) atoms. The van der Waals surface area contributed by atoms with Gasteiger partial charge >= 0.3 is 0 Å². The molecule has 106 valence electrons. The first-order chi connectivity index (χ1) is 9.15. The molecule has 1 aliphatic heterocycles. The summed E-state index contributed by atoms with van der Waals surface area (Å²) in [6, 6.07) is 4.94. The molecule has 0 aliphatic carbocycles. The van der Waals surface area contributed by atoms with Crippen LogP contribution in [0.1, 0.15) is 25.3 Å². The Labute approximate surface area is 119 Å². The fraction of sp³-hybridized carbons (Fsp3) is 0.600. The topological polar surface area (TPSA) is 21.3 Å². The zero-order valence-electron chi connectivity index (χ0n) is 11.5. The van der Waals surface area contributed by atoms with Gasteiger partial charge in [0.1, 0.15) is 5.82 Å². The molecule has 3 unspecified atom stereocenters. The molecule has 2 rings (SSSR count). The van der Waals surface area contributed by atoms with Crippen LogP contribution in [0.5, 0.6) is 0 Å². The van der Waals surface area contributed by atoms with E-state index in [0.717, 1.165) is 31.4 Å². The molecule has 0 bridgehead atoms. The maximum atomic E-state index is 13.1. The van der Waals surface area contributed by atoms with Gasteiger partial charge in [-0.05, 0) is 44.0 Å². The molecule has 1 N–H and O–H groups in total. The smallest absolute Gasteiger partial charge is 0.124 e. The molecule has 1 heterocycles. The quantitative estimate of drug-likeness (QED) is 0.895. The number of benzene rings is 1. The maximum absolute atomic E-state index is 13.1. The molecule has 0 radical (unpaired) electrons. The number of rotatable bonds is 5. The summed E-state index contributed by atoms with van der Waals surface area (Å²) in [4.78, 5) is 0. The van der Waals surface area contributed by atoms with Crippen molar-refractivity contribution in [2.45, 2.75) is 38.3 Å². The van der Waals surface area contributed by atoms with Gasteiger partial charge in [0, 0.05) is 23.6 Å². The van der Waals surface area contributed by atoms with Crippen LogP contribution < -0.4 is 5.32 Å². The number of hydrogen-bond acceptors (Lipinski definition) is 2. The zero-order valence-corrected chi connectivity index (χ0v) is 12.2. The molecule has 0 spiro atoms. The van der Waals surface area contributed by atoms with Crippen molar-refractivity contribution < 1.29 is 9.13 Å². The van der Waals surface area contributed by atoms with Crippen molar-refractivity contribution in [2.75, 3.05) is 13.7 Å². The van der Waals surface area contributed by atoms with Crippen LogP contribution in [0, 0.1) is 11.7 Å². The molecule has 2 nitrogen and oxygen atoms in total. The second kappa shape index (κ2) is 6.69. The Bertz CT molecular complexity index is 427. The summed E-state index contributed by atoms with van der Waals surface area (Å²) in [6.07, 6.45) is 3.22. The van der Waals surface area contributed by atoms with E-state index in [-0.39, 0.29) is 5.82 Å². The number of likely N-dealkylation sites (N-methyl/N-ethyl adjacent to an activating group) is 1. The second-order valence-electron chi connectivity index (χ2n) is 5.11. The lowest BCUT2D eigenvalue weighted by atomic mass is 9.87. The van der Waals surface area contributed by atoms with Crippen LogP contribution in [-0.2, 0) is 11.2 Å². The fourth-order valence-corrected chi connectivity index (χ4v) is 3.18. The highest BCUT2D eigenvalue weighted by atomic mass is 35.5. The highest BCUT2D eigenvalue weighted by Crippen LogP contribution is 2.29. The van der Waals surface area contributed by atoms with Crippen molar-refractivity contribution in [3.05, 3.63) is 34.6 Å². The van der Waals surface area contributed by atoms with Crippen LogP contribution in [-0.4, -0.2) is 25.8 Å². The molecular formula is C15H21ClFNO. The number of ether oxygens (including phenoxy) is 1. The third kappa shape index (κ3) is 3.47. The van der Waals surface area contributed by atoms with Crippen molar-refractivity contribution in [1.82, 2.24) is 5.32 Å². The minimum Gasteiger partial charge on any atom is -0.378 e. The lowest BCUT2D eigenvalue weighted by Crippen LogP contribution is -2.39. The predicted molar refractivity (Wildman–Crippen MR) is 76.1 cm³/mol. The van der Waals surface area contributed by atoms with E-state index in [4.69, 9.17) is 16.3 Å². The summed E-state index contributed by atoms with van der Waals surface area (Å²) in [5.74, 6) is 0.210. The number of hydrogen-bond donors (Lipinski definition) is 1. The normalized spacial score (nSPS) is 24.6. The summed E-state index contributed by atoms with van der Waals surface area (Å²) >= 11 is 6.11. The third-order valence-electron chi connectivity index (χ3n) is 4.01. The van der Waals surface area contributed by atoms with Crippen molar-refractivity contribution in [2.24, 2.45) is 5.92 Å². The Balaban J connectivity index is 2.10. The van der Waals surface area contributed by atoms with E-state index in [1.54, 1.807) is 6.07 Å². The maximum Gasteiger partial charge on any atom is 0.124 e. The number of halogens is 2. The van der Waals surface area contributed by atoms with Crippen molar-refractivity contribution in [1.29, 1.82) is 0 Å². The Morgan fingerprint density at radius 1 is 1.53 bits per heavy atom. The molecule has 1 fully saturated rings. The van der Waals surface area contributed by atoms with E-state index in [2.05, 4.69) is 12.2 Å². The Hall–Kier alpha value is -0.640. The van der Waals surface area contributed by atoms with Crippen LogP contribution >= 0.6 is 11.6 Å². The van der Waals surface area contributed by atoms with Crippen molar-refractivity contribution in [3.63, 3.8) is 0 Å². The van der Waals surface area contributed by atoms with Gasteiger partial charge in [0.25, 0.3) is 0 Å². The molecule has 3 atom stereocenters. The minimum absolute atomic E-state index is 0.287. The molecule has 0 aromatic heterocycles. The highest BCUT2D eigenvalue weighted by Gasteiger charge is 2.33. The summed E-state index contributed by atoms with van der Waals surface area (Å²) in [5.41, 5.74) is 0.990. The van der Waals surface area contributed by atoms with Gasteiger partial charge in [0.05, 0.1) is 6.10 Å². The molecule has 0 saturated carbocycles. The minimum atomic E-state index is -0.287. The molecular weight excluding hydrogens is 265 g/mol. The lowest BCUT2D eigenvalue weighted by molar-refractivity contribution is 0.0783. The SMILES string of the molecule is CCC1OCCC1C(Cc1ccc(F)cc1Cl)NC. The first-order valence-corrected chi connectivity index (χ1v) is 7.26. The van der Waals surface area contributed by atoms with E-state index in [1.165, 1.54) is 12.1 Å². The van der Waals surface area contributed by atoms with Gasteiger partial charge in [-0.2, -0.15) is 0 Å².